The number of ether oxygens (including phenoxy) is 1. The Kier molecular flexibility index (Phi) is 3.05. The molecule has 2 N–H and O–H groups in total. The molecule has 26 heavy (non-hydrogen) atoms. The Morgan fingerprint density at radius 3 is 2.54 bits per heavy atom. The molecule has 5 rings (SSSR count). The van der Waals surface area contributed by atoms with Gasteiger partial charge in [-0.15, -0.1) is 5.10 Å². The number of anilines is 1. The first-order valence-electron chi connectivity index (χ1n) is 8.23. The van der Waals surface area contributed by atoms with Crippen LogP contribution in [0.5, 0.6) is 5.75 Å². The number of hydrogen-bond acceptors (Lipinski definition) is 5. The number of hydrogen-bond donors (Lipinski definition) is 1. The van der Waals surface area contributed by atoms with E-state index in [0.29, 0.717) is 0 Å². The van der Waals surface area contributed by atoms with E-state index in [4.69, 9.17) is 15.5 Å². The smallest absolute Gasteiger partial charge is 0.238 e. The molecule has 6 heteroatoms. The summed E-state index contributed by atoms with van der Waals surface area (Å²) in [4.78, 5) is 9.49. The third-order valence-corrected chi connectivity index (χ3v) is 4.54. The lowest BCUT2D eigenvalue weighted by atomic mass is 10.0. The first kappa shape index (κ1) is 14.7. The van der Waals surface area contributed by atoms with E-state index < -0.39 is 0 Å². The van der Waals surface area contributed by atoms with Crippen LogP contribution in [-0.4, -0.2) is 27.4 Å². The van der Waals surface area contributed by atoms with Crippen LogP contribution >= 0.6 is 0 Å². The average molecular weight is 341 g/mol. The van der Waals surface area contributed by atoms with Gasteiger partial charge in [-0.3, -0.25) is 0 Å². The molecule has 126 valence electrons. The third kappa shape index (κ3) is 2.02. The molecule has 0 radical (unpaired) electrons. The molecular formula is C20H15N5O. The second-order valence-electron chi connectivity index (χ2n) is 6.02. The molecule has 0 aliphatic carbocycles. The van der Waals surface area contributed by atoms with E-state index in [9.17, 15) is 0 Å². The summed E-state index contributed by atoms with van der Waals surface area (Å²) in [7, 11) is 1.66. The fourth-order valence-electron chi connectivity index (χ4n) is 3.42. The van der Waals surface area contributed by atoms with Crippen LogP contribution in [0.4, 0.5) is 11.6 Å². The van der Waals surface area contributed by atoms with E-state index in [1.807, 2.05) is 60.8 Å². The van der Waals surface area contributed by atoms with Crippen molar-refractivity contribution in [3.8, 4) is 17.0 Å². The van der Waals surface area contributed by atoms with Gasteiger partial charge in [0.25, 0.3) is 0 Å². The van der Waals surface area contributed by atoms with Crippen molar-refractivity contribution in [2.75, 3.05) is 12.8 Å². The van der Waals surface area contributed by atoms with Gasteiger partial charge in [0, 0.05) is 22.9 Å². The minimum absolute atomic E-state index is 0.227. The largest absolute Gasteiger partial charge is 0.496 e. The summed E-state index contributed by atoms with van der Waals surface area (Å²) in [5, 5.41) is 4.32. The molecule has 0 spiro atoms. The highest BCUT2D eigenvalue weighted by atomic mass is 16.5. The Bertz CT molecular complexity index is 1190. The SMILES string of the molecule is COc1ccccc1C1=Nc2ccccc2-c2nc(N)nn3ccc1c23. The van der Waals surface area contributed by atoms with Crippen LogP contribution in [0, 0.1) is 0 Å². The molecule has 3 heterocycles. The number of fused-ring (bicyclic) bond motifs is 2. The van der Waals surface area contributed by atoms with Gasteiger partial charge >= 0.3 is 0 Å². The lowest BCUT2D eigenvalue weighted by Crippen LogP contribution is -2.07. The number of nitrogen functional groups attached to an aromatic ring is 1. The van der Waals surface area contributed by atoms with Gasteiger partial charge in [0.15, 0.2) is 0 Å². The minimum Gasteiger partial charge on any atom is -0.496 e. The van der Waals surface area contributed by atoms with Crippen LogP contribution in [0.3, 0.4) is 0 Å². The van der Waals surface area contributed by atoms with Crippen LogP contribution in [0.1, 0.15) is 11.1 Å². The van der Waals surface area contributed by atoms with Gasteiger partial charge in [0.2, 0.25) is 5.95 Å². The standard InChI is InChI=1S/C20H15N5O/c1-26-16-9-5-3-7-13(16)17-14-10-11-25-19(14)18(23-20(21)24-25)12-6-2-4-8-15(12)22-17/h2-11H,1H3,(H2,21,24). The van der Waals surface area contributed by atoms with E-state index in [0.717, 1.165) is 45.0 Å². The van der Waals surface area contributed by atoms with Crippen molar-refractivity contribution >= 4 is 22.9 Å². The molecule has 1 aliphatic rings. The Balaban J connectivity index is 1.93. The third-order valence-electron chi connectivity index (χ3n) is 4.54. The zero-order chi connectivity index (χ0) is 17.7. The van der Waals surface area contributed by atoms with E-state index >= 15 is 0 Å². The van der Waals surface area contributed by atoms with Crippen molar-refractivity contribution in [1.29, 1.82) is 0 Å². The van der Waals surface area contributed by atoms with Crippen molar-refractivity contribution in [3.05, 3.63) is 71.9 Å². The molecule has 1 aliphatic heterocycles. The molecule has 4 aromatic rings. The summed E-state index contributed by atoms with van der Waals surface area (Å²) in [5.41, 5.74) is 12.0. The summed E-state index contributed by atoms with van der Waals surface area (Å²) in [6.45, 7) is 0. The molecule has 0 unspecified atom stereocenters. The van der Waals surface area contributed by atoms with Gasteiger partial charge in [-0.2, -0.15) is 0 Å². The maximum atomic E-state index is 5.93. The number of aromatic nitrogens is 3. The second kappa shape index (κ2) is 5.42. The van der Waals surface area contributed by atoms with Gasteiger partial charge in [0.05, 0.1) is 18.5 Å². The zero-order valence-electron chi connectivity index (χ0n) is 14.0. The van der Waals surface area contributed by atoms with Crippen LogP contribution in [0.2, 0.25) is 0 Å². The molecule has 0 amide bonds. The molecular weight excluding hydrogens is 326 g/mol. The number of nitrogens with zero attached hydrogens (tertiary/aromatic N) is 4. The van der Waals surface area contributed by atoms with E-state index in [1.54, 1.807) is 11.6 Å². The van der Waals surface area contributed by atoms with Crippen LogP contribution in [-0.2, 0) is 0 Å². The maximum Gasteiger partial charge on any atom is 0.238 e. The molecule has 0 saturated heterocycles. The monoisotopic (exact) mass is 341 g/mol. The van der Waals surface area contributed by atoms with Gasteiger partial charge in [0.1, 0.15) is 17.0 Å². The molecule has 0 bridgehead atoms. The number of nitrogens with two attached hydrogens (primary N) is 1. The van der Waals surface area contributed by atoms with Crippen LogP contribution in [0.25, 0.3) is 16.8 Å². The summed E-state index contributed by atoms with van der Waals surface area (Å²) in [5.74, 6) is 0.994. The number of methoxy groups -OCH3 is 1. The van der Waals surface area contributed by atoms with Crippen LogP contribution in [0.15, 0.2) is 65.8 Å². The molecule has 2 aromatic heterocycles. The predicted octanol–water partition coefficient (Wildman–Crippen LogP) is 3.47. The van der Waals surface area contributed by atoms with E-state index in [2.05, 4.69) is 10.1 Å². The maximum absolute atomic E-state index is 5.93. The van der Waals surface area contributed by atoms with Crippen molar-refractivity contribution in [1.82, 2.24) is 14.6 Å². The quantitative estimate of drug-likeness (QED) is 0.533. The molecule has 0 atom stereocenters. The summed E-state index contributed by atoms with van der Waals surface area (Å²) >= 11 is 0. The van der Waals surface area contributed by atoms with Crippen molar-refractivity contribution in [2.45, 2.75) is 0 Å². The Morgan fingerprint density at radius 2 is 1.69 bits per heavy atom. The predicted molar refractivity (Wildman–Crippen MR) is 101 cm³/mol. The minimum atomic E-state index is 0.227. The van der Waals surface area contributed by atoms with Gasteiger partial charge in [-0.05, 0) is 24.3 Å². The fraction of sp³-hybridized carbons (Fsp3) is 0.0500. The molecule has 2 aromatic carbocycles. The van der Waals surface area contributed by atoms with Gasteiger partial charge in [-0.1, -0.05) is 30.3 Å². The van der Waals surface area contributed by atoms with Crippen molar-refractivity contribution < 1.29 is 4.74 Å². The summed E-state index contributed by atoms with van der Waals surface area (Å²) in [6.07, 6.45) is 1.88. The molecule has 6 nitrogen and oxygen atoms in total. The van der Waals surface area contributed by atoms with Crippen molar-refractivity contribution in [2.24, 2.45) is 4.99 Å². The van der Waals surface area contributed by atoms with Crippen LogP contribution < -0.4 is 10.5 Å². The van der Waals surface area contributed by atoms with Gasteiger partial charge in [-0.25, -0.2) is 14.5 Å². The first-order valence-corrected chi connectivity index (χ1v) is 8.23. The summed E-state index contributed by atoms with van der Waals surface area (Å²) in [6, 6.07) is 17.8. The second-order valence-corrected chi connectivity index (χ2v) is 6.02. The number of rotatable bonds is 2. The number of para-hydroxylation sites is 2. The summed E-state index contributed by atoms with van der Waals surface area (Å²) < 4.78 is 7.33. The Labute approximate surface area is 149 Å². The highest BCUT2D eigenvalue weighted by molar-refractivity contribution is 6.21. The van der Waals surface area contributed by atoms with Crippen molar-refractivity contribution in [3.63, 3.8) is 0 Å². The van der Waals surface area contributed by atoms with E-state index in [-0.39, 0.29) is 5.95 Å². The average Bonchev–Trinajstić information content (AvgIpc) is 3.03. The first-order chi connectivity index (χ1) is 12.8. The number of benzene rings is 2. The Morgan fingerprint density at radius 1 is 0.923 bits per heavy atom. The fourth-order valence-corrected chi connectivity index (χ4v) is 3.42. The van der Waals surface area contributed by atoms with Gasteiger partial charge < -0.3 is 10.5 Å². The molecule has 0 fully saturated rings. The Hall–Kier alpha value is -3.67. The normalized spacial score (nSPS) is 12.4. The lowest BCUT2D eigenvalue weighted by molar-refractivity contribution is 0.414. The lowest BCUT2D eigenvalue weighted by Gasteiger charge is -2.10. The topological polar surface area (TPSA) is 77.8 Å². The zero-order valence-corrected chi connectivity index (χ0v) is 14.0. The van der Waals surface area contributed by atoms with E-state index in [1.165, 1.54) is 0 Å². The molecule has 0 saturated carbocycles. The highest BCUT2D eigenvalue weighted by Gasteiger charge is 2.24. The highest BCUT2D eigenvalue weighted by Crippen LogP contribution is 2.39. The number of aliphatic imine (C=N–C) groups is 1.